The van der Waals surface area contributed by atoms with Gasteiger partial charge in [-0.05, 0) is 38.3 Å². The zero-order valence-corrected chi connectivity index (χ0v) is 16.8. The molecule has 3 rings (SSSR count). The summed E-state index contributed by atoms with van der Waals surface area (Å²) >= 11 is 0. The van der Waals surface area contributed by atoms with Crippen LogP contribution >= 0.6 is 0 Å². The van der Waals surface area contributed by atoms with Crippen molar-refractivity contribution in [1.29, 1.82) is 0 Å². The molecule has 1 aliphatic heterocycles. The van der Waals surface area contributed by atoms with Crippen molar-refractivity contribution in [1.82, 2.24) is 8.87 Å². The molecule has 6 nitrogen and oxygen atoms in total. The molecule has 0 unspecified atom stereocenters. The molecule has 1 aromatic carbocycles. The van der Waals surface area contributed by atoms with Gasteiger partial charge in [-0.15, -0.1) is 0 Å². The van der Waals surface area contributed by atoms with Crippen LogP contribution < -0.4 is 10.3 Å². The molecule has 0 bridgehead atoms. The van der Waals surface area contributed by atoms with Crippen molar-refractivity contribution in [2.75, 3.05) is 13.1 Å². The van der Waals surface area contributed by atoms with E-state index in [1.807, 2.05) is 44.2 Å². The fourth-order valence-corrected chi connectivity index (χ4v) is 4.88. The fourth-order valence-electron chi connectivity index (χ4n) is 3.33. The van der Waals surface area contributed by atoms with E-state index in [-0.39, 0.29) is 17.4 Å². The summed E-state index contributed by atoms with van der Waals surface area (Å²) in [5.41, 5.74) is 2.59. The Labute approximate surface area is 160 Å². The third-order valence-corrected chi connectivity index (χ3v) is 6.86. The van der Waals surface area contributed by atoms with E-state index in [1.54, 1.807) is 15.9 Å². The first-order valence-corrected chi connectivity index (χ1v) is 10.7. The van der Waals surface area contributed by atoms with Gasteiger partial charge in [0.1, 0.15) is 11.9 Å². The van der Waals surface area contributed by atoms with E-state index >= 15 is 0 Å². The largest absolute Gasteiger partial charge is 0.490 e. The highest BCUT2D eigenvalue weighted by molar-refractivity contribution is 7.88. The van der Waals surface area contributed by atoms with Crippen LogP contribution in [0.25, 0.3) is 0 Å². The van der Waals surface area contributed by atoms with E-state index in [4.69, 9.17) is 4.74 Å². The number of aromatic nitrogens is 1. The van der Waals surface area contributed by atoms with Gasteiger partial charge in [0, 0.05) is 31.9 Å². The predicted molar refractivity (Wildman–Crippen MR) is 105 cm³/mol. The summed E-state index contributed by atoms with van der Waals surface area (Å²) in [5, 5.41) is 0. The molecule has 0 saturated carbocycles. The van der Waals surface area contributed by atoms with Crippen molar-refractivity contribution in [3.05, 3.63) is 63.6 Å². The zero-order valence-electron chi connectivity index (χ0n) is 16.0. The Hall–Kier alpha value is -2.12. The van der Waals surface area contributed by atoms with Crippen molar-refractivity contribution in [2.45, 2.75) is 38.5 Å². The number of hydrogen-bond donors (Lipinski definition) is 0. The van der Waals surface area contributed by atoms with E-state index < -0.39 is 10.0 Å². The molecule has 0 radical (unpaired) electrons. The van der Waals surface area contributed by atoms with Gasteiger partial charge >= 0.3 is 0 Å². The molecular formula is C20H26N2O4S. The van der Waals surface area contributed by atoms with Crippen molar-refractivity contribution in [3.8, 4) is 5.75 Å². The summed E-state index contributed by atoms with van der Waals surface area (Å²) in [6, 6.07) is 10.9. The number of piperidine rings is 1. The standard InChI is InChI=1S/C20H26N2O4S/c1-15-5-4-6-17(11-15)14-27(24,25)22-9-7-18(8-10-22)26-19-12-16(2)21(3)20(23)13-19/h4-6,11-13,18H,7-10,14H2,1-3H3. The van der Waals surface area contributed by atoms with Crippen LogP contribution in [0.15, 0.2) is 41.2 Å². The zero-order chi connectivity index (χ0) is 19.6. The molecule has 0 amide bonds. The number of ether oxygens (including phenoxy) is 1. The quantitative estimate of drug-likeness (QED) is 0.786. The Morgan fingerprint density at radius 1 is 1.11 bits per heavy atom. The summed E-state index contributed by atoms with van der Waals surface area (Å²) in [6.07, 6.45) is 1.14. The lowest BCUT2D eigenvalue weighted by molar-refractivity contribution is 0.134. The van der Waals surface area contributed by atoms with Crippen LogP contribution in [0.2, 0.25) is 0 Å². The smallest absolute Gasteiger partial charge is 0.254 e. The molecule has 0 atom stereocenters. The fraction of sp³-hybridized carbons (Fsp3) is 0.450. The number of hydrogen-bond acceptors (Lipinski definition) is 4. The van der Waals surface area contributed by atoms with Gasteiger partial charge in [-0.3, -0.25) is 4.79 Å². The highest BCUT2D eigenvalue weighted by Gasteiger charge is 2.29. The SMILES string of the molecule is Cc1cccc(CS(=O)(=O)N2CCC(Oc3cc(C)n(C)c(=O)c3)CC2)c1. The highest BCUT2D eigenvalue weighted by atomic mass is 32.2. The molecule has 146 valence electrons. The molecule has 0 N–H and O–H groups in total. The van der Waals surface area contributed by atoms with E-state index in [0.29, 0.717) is 31.7 Å². The molecule has 1 aromatic heterocycles. The number of rotatable bonds is 5. The lowest BCUT2D eigenvalue weighted by atomic mass is 10.1. The van der Waals surface area contributed by atoms with Gasteiger partial charge in [0.05, 0.1) is 5.75 Å². The molecule has 2 aromatic rings. The maximum atomic E-state index is 12.7. The van der Waals surface area contributed by atoms with Crippen LogP contribution in [-0.2, 0) is 22.8 Å². The van der Waals surface area contributed by atoms with E-state index in [1.165, 1.54) is 6.07 Å². The van der Waals surface area contributed by atoms with Crippen LogP contribution in [0.5, 0.6) is 5.75 Å². The molecule has 2 heterocycles. The molecule has 1 saturated heterocycles. The minimum atomic E-state index is -3.34. The third-order valence-electron chi connectivity index (χ3n) is 5.01. The molecule has 1 aliphatic rings. The molecule has 27 heavy (non-hydrogen) atoms. The molecular weight excluding hydrogens is 364 g/mol. The normalized spacial score (nSPS) is 16.4. The first-order chi connectivity index (χ1) is 12.7. The average Bonchev–Trinajstić information content (AvgIpc) is 2.60. The predicted octanol–water partition coefficient (Wildman–Crippen LogP) is 2.38. The van der Waals surface area contributed by atoms with E-state index in [2.05, 4.69) is 0 Å². The van der Waals surface area contributed by atoms with Crippen molar-refractivity contribution >= 4 is 10.0 Å². The molecule has 1 fully saturated rings. The molecule has 0 spiro atoms. The lowest BCUT2D eigenvalue weighted by Crippen LogP contribution is -2.42. The van der Waals surface area contributed by atoms with Crippen LogP contribution in [0, 0.1) is 13.8 Å². The Kier molecular flexibility index (Phi) is 5.72. The number of sulfonamides is 1. The van der Waals surface area contributed by atoms with E-state index in [0.717, 1.165) is 16.8 Å². The summed E-state index contributed by atoms with van der Waals surface area (Å²) in [6.45, 7) is 4.68. The van der Waals surface area contributed by atoms with Crippen LogP contribution in [0.4, 0.5) is 0 Å². The van der Waals surface area contributed by atoms with Gasteiger partial charge in [0.15, 0.2) is 0 Å². The maximum Gasteiger partial charge on any atom is 0.254 e. The maximum absolute atomic E-state index is 12.7. The second-order valence-electron chi connectivity index (χ2n) is 7.19. The first kappa shape index (κ1) is 19.6. The van der Waals surface area contributed by atoms with Gasteiger partial charge in [-0.1, -0.05) is 29.8 Å². The van der Waals surface area contributed by atoms with Gasteiger partial charge in [-0.2, -0.15) is 0 Å². The second-order valence-corrected chi connectivity index (χ2v) is 9.16. The van der Waals surface area contributed by atoms with Gasteiger partial charge in [0.2, 0.25) is 10.0 Å². The third kappa shape index (κ3) is 4.78. The van der Waals surface area contributed by atoms with Crippen LogP contribution in [0.1, 0.15) is 29.7 Å². The minimum absolute atomic E-state index is 0.0220. The number of benzene rings is 1. The van der Waals surface area contributed by atoms with Gasteiger partial charge < -0.3 is 9.30 Å². The van der Waals surface area contributed by atoms with E-state index in [9.17, 15) is 13.2 Å². The monoisotopic (exact) mass is 390 g/mol. The number of nitrogens with zero attached hydrogens (tertiary/aromatic N) is 2. The molecule has 0 aliphatic carbocycles. The number of pyridine rings is 1. The summed E-state index contributed by atoms with van der Waals surface area (Å²) < 4.78 is 34.4. The highest BCUT2D eigenvalue weighted by Crippen LogP contribution is 2.22. The topological polar surface area (TPSA) is 68.6 Å². The average molecular weight is 391 g/mol. The Bertz CT molecular complexity index is 974. The van der Waals surface area contributed by atoms with Crippen molar-refractivity contribution in [2.24, 2.45) is 7.05 Å². The molecule has 7 heteroatoms. The summed E-state index contributed by atoms with van der Waals surface area (Å²) in [7, 11) is -1.62. The summed E-state index contributed by atoms with van der Waals surface area (Å²) in [5.74, 6) is 0.574. The Morgan fingerprint density at radius 3 is 2.44 bits per heavy atom. The van der Waals surface area contributed by atoms with Gasteiger partial charge in [-0.25, -0.2) is 12.7 Å². The van der Waals surface area contributed by atoms with Crippen LogP contribution in [-0.4, -0.2) is 36.5 Å². The number of aryl methyl sites for hydroxylation is 2. The Morgan fingerprint density at radius 2 is 1.81 bits per heavy atom. The van der Waals surface area contributed by atoms with Gasteiger partial charge in [0.25, 0.3) is 5.56 Å². The van der Waals surface area contributed by atoms with Crippen LogP contribution in [0.3, 0.4) is 0 Å². The lowest BCUT2D eigenvalue weighted by Gasteiger charge is -2.31. The first-order valence-electron chi connectivity index (χ1n) is 9.12. The second kappa shape index (κ2) is 7.86. The van der Waals surface area contributed by atoms with Crippen molar-refractivity contribution in [3.63, 3.8) is 0 Å². The minimum Gasteiger partial charge on any atom is -0.490 e. The van der Waals surface area contributed by atoms with Crippen molar-refractivity contribution < 1.29 is 13.2 Å². The Balaban J connectivity index is 1.60. The summed E-state index contributed by atoms with van der Waals surface area (Å²) in [4.78, 5) is 11.9.